The van der Waals surface area contributed by atoms with Crippen LogP contribution in [0.3, 0.4) is 0 Å². The lowest BCUT2D eigenvalue weighted by atomic mass is 9.92. The summed E-state index contributed by atoms with van der Waals surface area (Å²) in [5, 5.41) is 4.88. The van der Waals surface area contributed by atoms with Crippen molar-refractivity contribution >= 4 is 28.5 Å². The van der Waals surface area contributed by atoms with Crippen LogP contribution < -0.4 is 15.8 Å². The predicted octanol–water partition coefficient (Wildman–Crippen LogP) is 3.97. The van der Waals surface area contributed by atoms with Gasteiger partial charge in [-0.05, 0) is 49.4 Å². The van der Waals surface area contributed by atoms with Gasteiger partial charge in [-0.2, -0.15) is 0 Å². The van der Waals surface area contributed by atoms with Gasteiger partial charge in [0.15, 0.2) is 0 Å². The highest BCUT2D eigenvalue weighted by atomic mass is 35.5. The SMILES string of the molecule is C#CCOc1cnc2[nH]cc(-c3cc(Cl)nc(N[C@H]4CC[C@H](N)CC4)c3)c2c1. The lowest BCUT2D eigenvalue weighted by Crippen LogP contribution is -2.33. The number of halogens is 1. The van der Waals surface area contributed by atoms with Crippen molar-refractivity contribution in [3.05, 3.63) is 35.7 Å². The van der Waals surface area contributed by atoms with Gasteiger partial charge in [0.2, 0.25) is 0 Å². The molecule has 0 bridgehead atoms. The molecule has 7 heteroatoms. The molecule has 1 aliphatic carbocycles. The van der Waals surface area contributed by atoms with E-state index in [0.29, 0.717) is 23.0 Å². The van der Waals surface area contributed by atoms with Gasteiger partial charge in [-0.25, -0.2) is 9.97 Å². The molecule has 0 amide bonds. The van der Waals surface area contributed by atoms with Crippen molar-refractivity contribution in [2.24, 2.45) is 5.73 Å². The zero-order valence-electron chi connectivity index (χ0n) is 15.4. The van der Waals surface area contributed by atoms with E-state index in [2.05, 4.69) is 26.2 Å². The Bertz CT molecular complexity index is 1020. The molecule has 3 aromatic heterocycles. The Kier molecular flexibility index (Phi) is 5.38. The van der Waals surface area contributed by atoms with Crippen LogP contribution in [0.25, 0.3) is 22.2 Å². The minimum atomic E-state index is 0.202. The summed E-state index contributed by atoms with van der Waals surface area (Å²) in [5.41, 5.74) is 8.71. The second-order valence-electron chi connectivity index (χ2n) is 7.08. The summed E-state index contributed by atoms with van der Waals surface area (Å²) < 4.78 is 5.51. The molecule has 0 atom stereocenters. The molecule has 3 heterocycles. The number of nitrogens with zero attached hydrogens (tertiary/aromatic N) is 2. The van der Waals surface area contributed by atoms with Crippen molar-refractivity contribution in [2.45, 2.75) is 37.8 Å². The molecular weight excluding hydrogens is 374 g/mol. The van der Waals surface area contributed by atoms with Crippen LogP contribution in [-0.2, 0) is 0 Å². The molecule has 4 rings (SSSR count). The first-order valence-corrected chi connectivity index (χ1v) is 9.73. The minimum Gasteiger partial charge on any atom is -0.479 e. The Labute approximate surface area is 168 Å². The van der Waals surface area contributed by atoms with Gasteiger partial charge in [-0.15, -0.1) is 6.42 Å². The van der Waals surface area contributed by atoms with E-state index in [1.54, 1.807) is 6.20 Å². The molecule has 144 valence electrons. The number of hydrogen-bond acceptors (Lipinski definition) is 5. The fraction of sp³-hybridized carbons (Fsp3) is 0.333. The first-order valence-electron chi connectivity index (χ1n) is 9.36. The van der Waals surface area contributed by atoms with E-state index in [-0.39, 0.29) is 6.61 Å². The van der Waals surface area contributed by atoms with E-state index in [1.807, 2.05) is 24.4 Å². The monoisotopic (exact) mass is 395 g/mol. The van der Waals surface area contributed by atoms with Gasteiger partial charge in [0.1, 0.15) is 29.0 Å². The van der Waals surface area contributed by atoms with Crippen molar-refractivity contribution < 1.29 is 4.74 Å². The molecule has 4 N–H and O–H groups in total. The van der Waals surface area contributed by atoms with Crippen LogP contribution >= 0.6 is 11.6 Å². The number of anilines is 1. The molecule has 6 nitrogen and oxygen atoms in total. The van der Waals surface area contributed by atoms with Crippen molar-refractivity contribution in [3.8, 4) is 29.2 Å². The maximum atomic E-state index is 6.31. The number of aromatic nitrogens is 3. The minimum absolute atomic E-state index is 0.202. The summed E-state index contributed by atoms with van der Waals surface area (Å²) >= 11 is 6.31. The normalized spacial score (nSPS) is 19.3. The Morgan fingerprint density at radius 1 is 1.29 bits per heavy atom. The fourth-order valence-electron chi connectivity index (χ4n) is 3.63. The maximum absolute atomic E-state index is 6.31. The number of pyridine rings is 2. The number of nitrogens with two attached hydrogens (primary N) is 1. The molecular formula is C21H22ClN5O. The second-order valence-corrected chi connectivity index (χ2v) is 7.47. The van der Waals surface area contributed by atoms with Crippen LogP contribution in [-0.4, -0.2) is 33.6 Å². The topological polar surface area (TPSA) is 88.8 Å². The van der Waals surface area contributed by atoms with E-state index in [4.69, 9.17) is 28.5 Å². The molecule has 0 unspecified atom stereocenters. The highest BCUT2D eigenvalue weighted by Gasteiger charge is 2.19. The van der Waals surface area contributed by atoms with Crippen molar-refractivity contribution in [1.29, 1.82) is 0 Å². The zero-order chi connectivity index (χ0) is 19.5. The number of aromatic amines is 1. The largest absolute Gasteiger partial charge is 0.479 e. The van der Waals surface area contributed by atoms with Crippen molar-refractivity contribution in [3.63, 3.8) is 0 Å². The number of nitrogens with one attached hydrogen (secondary N) is 2. The molecule has 0 radical (unpaired) electrons. The van der Waals surface area contributed by atoms with Gasteiger partial charge in [-0.1, -0.05) is 17.5 Å². The molecule has 1 saturated carbocycles. The molecule has 0 saturated heterocycles. The molecule has 28 heavy (non-hydrogen) atoms. The van der Waals surface area contributed by atoms with E-state index in [9.17, 15) is 0 Å². The highest BCUT2D eigenvalue weighted by molar-refractivity contribution is 6.29. The molecule has 1 fully saturated rings. The van der Waals surface area contributed by atoms with Gasteiger partial charge in [0, 0.05) is 29.2 Å². The first-order chi connectivity index (χ1) is 13.6. The van der Waals surface area contributed by atoms with Gasteiger partial charge >= 0.3 is 0 Å². The van der Waals surface area contributed by atoms with E-state index in [0.717, 1.165) is 53.7 Å². The third-order valence-corrected chi connectivity index (χ3v) is 5.25. The van der Waals surface area contributed by atoms with E-state index < -0.39 is 0 Å². The predicted molar refractivity (Wildman–Crippen MR) is 113 cm³/mol. The Morgan fingerprint density at radius 3 is 2.89 bits per heavy atom. The molecule has 0 spiro atoms. The Balaban J connectivity index is 1.63. The van der Waals surface area contributed by atoms with Crippen LogP contribution in [0.2, 0.25) is 5.15 Å². The smallest absolute Gasteiger partial charge is 0.148 e. The summed E-state index contributed by atoms with van der Waals surface area (Å²) in [4.78, 5) is 12.0. The second kappa shape index (κ2) is 8.09. The quantitative estimate of drug-likeness (QED) is 0.449. The van der Waals surface area contributed by atoms with Crippen LogP contribution in [0.15, 0.2) is 30.6 Å². The van der Waals surface area contributed by atoms with Gasteiger partial charge in [-0.3, -0.25) is 0 Å². The number of hydrogen-bond donors (Lipinski definition) is 3. The summed E-state index contributed by atoms with van der Waals surface area (Å²) in [6.45, 7) is 0.202. The van der Waals surface area contributed by atoms with Crippen molar-refractivity contribution in [1.82, 2.24) is 15.0 Å². The van der Waals surface area contributed by atoms with E-state index in [1.165, 1.54) is 0 Å². The number of H-pyrrole nitrogens is 1. The van der Waals surface area contributed by atoms with Crippen LogP contribution in [0.1, 0.15) is 25.7 Å². The van der Waals surface area contributed by atoms with Crippen LogP contribution in [0, 0.1) is 12.3 Å². The molecule has 3 aromatic rings. The van der Waals surface area contributed by atoms with Crippen LogP contribution in [0.4, 0.5) is 5.82 Å². The molecule has 0 aromatic carbocycles. The van der Waals surface area contributed by atoms with E-state index >= 15 is 0 Å². The average molecular weight is 396 g/mol. The Morgan fingerprint density at radius 2 is 2.11 bits per heavy atom. The zero-order valence-corrected chi connectivity index (χ0v) is 16.2. The summed E-state index contributed by atoms with van der Waals surface area (Å²) in [5.74, 6) is 3.86. The number of ether oxygens (including phenoxy) is 1. The third-order valence-electron chi connectivity index (χ3n) is 5.06. The summed E-state index contributed by atoms with van der Waals surface area (Å²) in [6, 6.07) is 6.46. The molecule has 1 aliphatic rings. The Hall–Kier alpha value is -2.75. The highest BCUT2D eigenvalue weighted by Crippen LogP contribution is 2.33. The average Bonchev–Trinajstić information content (AvgIpc) is 3.11. The lowest BCUT2D eigenvalue weighted by Gasteiger charge is -2.27. The first kappa shape index (κ1) is 18.6. The third kappa shape index (κ3) is 4.06. The standard InChI is InChI=1S/C21H22ClN5O/c1-2-7-28-16-10-17-18(12-25-21(17)24-11-16)13-8-19(22)27-20(9-13)26-15-5-3-14(23)4-6-15/h1,8-12,14-15H,3-7,23H2,(H,24,25)(H,26,27)/t14-,15-. The molecule has 0 aliphatic heterocycles. The maximum Gasteiger partial charge on any atom is 0.148 e. The lowest BCUT2D eigenvalue weighted by molar-refractivity contribution is 0.369. The van der Waals surface area contributed by atoms with Crippen LogP contribution in [0.5, 0.6) is 5.75 Å². The van der Waals surface area contributed by atoms with Gasteiger partial charge in [0.05, 0.1) is 6.20 Å². The van der Waals surface area contributed by atoms with Gasteiger partial charge < -0.3 is 20.8 Å². The number of terminal acetylenes is 1. The summed E-state index contributed by atoms with van der Waals surface area (Å²) in [7, 11) is 0. The van der Waals surface area contributed by atoms with Crippen molar-refractivity contribution in [2.75, 3.05) is 11.9 Å². The number of rotatable bonds is 5. The fourth-order valence-corrected chi connectivity index (χ4v) is 3.83. The summed E-state index contributed by atoms with van der Waals surface area (Å²) in [6.07, 6.45) is 13.0. The number of fused-ring (bicyclic) bond motifs is 1. The van der Waals surface area contributed by atoms with Gasteiger partial charge in [0.25, 0.3) is 0 Å².